The van der Waals surface area contributed by atoms with Gasteiger partial charge in [-0.1, -0.05) is 54.6 Å². The fraction of sp³-hybridized carbons (Fsp3) is 0.0976. The average Bonchev–Trinajstić information content (AvgIpc) is 3.81. The van der Waals surface area contributed by atoms with Crippen molar-refractivity contribution >= 4 is 11.4 Å². The molecule has 0 aliphatic carbocycles. The predicted octanol–water partition coefficient (Wildman–Crippen LogP) is 8.00. The number of anilines is 2. The lowest BCUT2D eigenvalue weighted by atomic mass is 10.1. The van der Waals surface area contributed by atoms with E-state index in [1.165, 1.54) is 0 Å². The van der Waals surface area contributed by atoms with E-state index in [4.69, 9.17) is 15.2 Å². The second kappa shape index (κ2) is 13.3. The van der Waals surface area contributed by atoms with Crippen LogP contribution >= 0.6 is 0 Å². The Morgan fingerprint density at radius 2 is 0.840 bits per heavy atom. The Morgan fingerprint density at radius 3 is 1.18 bits per heavy atom. The number of benzene rings is 4. The third-order valence-electron chi connectivity index (χ3n) is 8.55. The lowest BCUT2D eigenvalue weighted by Crippen LogP contribution is -2.08. The molecule has 7 aromatic rings. The molecule has 0 aliphatic rings. The molecule has 3 heterocycles. The monoisotopic (exact) mass is 651 g/mol. The standard InChI is InChI=1S/C41H33N9/c1-47(2)34-20-16-30(17-21-34)36-24-38(32-12-8-28(26-42)9-13-32)49(45-36)40-6-5-7-41(44-40)50-39(33-14-10-29(27-43)11-15-33)25-37(46-50)31-18-22-35(23-19-31)48(3)4/h5-25H,1-4H3. The Kier molecular flexibility index (Phi) is 8.39. The van der Waals surface area contributed by atoms with Crippen LogP contribution in [0.25, 0.3) is 56.7 Å². The van der Waals surface area contributed by atoms with E-state index in [0.29, 0.717) is 22.8 Å². The van der Waals surface area contributed by atoms with Crippen molar-refractivity contribution in [3.63, 3.8) is 0 Å². The smallest absolute Gasteiger partial charge is 0.156 e. The first-order chi connectivity index (χ1) is 24.3. The van der Waals surface area contributed by atoms with Gasteiger partial charge in [-0.25, -0.2) is 14.3 Å². The first kappa shape index (κ1) is 31.6. The van der Waals surface area contributed by atoms with Gasteiger partial charge >= 0.3 is 0 Å². The molecule has 50 heavy (non-hydrogen) atoms. The van der Waals surface area contributed by atoms with E-state index >= 15 is 0 Å². The highest BCUT2D eigenvalue weighted by atomic mass is 15.4. The maximum Gasteiger partial charge on any atom is 0.156 e. The summed E-state index contributed by atoms with van der Waals surface area (Å²) in [6.45, 7) is 0. The van der Waals surface area contributed by atoms with Gasteiger partial charge in [-0.3, -0.25) is 0 Å². The van der Waals surface area contributed by atoms with Crippen LogP contribution in [0.15, 0.2) is 127 Å². The number of hydrogen-bond donors (Lipinski definition) is 0. The molecule has 9 nitrogen and oxygen atoms in total. The lowest BCUT2D eigenvalue weighted by molar-refractivity contribution is 0.813. The molecule has 7 rings (SSSR count). The summed E-state index contributed by atoms with van der Waals surface area (Å²) in [5.74, 6) is 1.22. The Balaban J connectivity index is 1.36. The minimum absolute atomic E-state index is 0.584. The van der Waals surface area contributed by atoms with Gasteiger partial charge in [0, 0.05) is 61.8 Å². The van der Waals surface area contributed by atoms with E-state index in [1.54, 1.807) is 0 Å². The fourth-order valence-corrected chi connectivity index (χ4v) is 5.74. The number of rotatable bonds is 8. The molecule has 0 radical (unpaired) electrons. The molecule has 0 amide bonds. The zero-order chi connectivity index (χ0) is 34.8. The van der Waals surface area contributed by atoms with Crippen molar-refractivity contribution in [3.05, 3.63) is 139 Å². The van der Waals surface area contributed by atoms with Gasteiger partial charge in [0.05, 0.1) is 46.0 Å². The highest BCUT2D eigenvalue weighted by Gasteiger charge is 2.18. The van der Waals surface area contributed by atoms with E-state index < -0.39 is 0 Å². The van der Waals surface area contributed by atoms with Crippen LogP contribution in [0.2, 0.25) is 0 Å². The van der Waals surface area contributed by atoms with Crippen molar-refractivity contribution in [2.24, 2.45) is 0 Å². The SMILES string of the molecule is CN(C)c1ccc(-c2cc(-c3ccc(C#N)cc3)n(-c3cccc(-n4nc(-c5ccc(N(C)C)cc5)cc4-c4ccc(C#N)cc4)n3)n2)cc1. The summed E-state index contributed by atoms with van der Waals surface area (Å²) in [4.78, 5) is 9.25. The normalized spacial score (nSPS) is 10.8. The quantitative estimate of drug-likeness (QED) is 0.164. The van der Waals surface area contributed by atoms with Gasteiger partial charge in [-0.2, -0.15) is 20.7 Å². The van der Waals surface area contributed by atoms with Gasteiger partial charge in [0.1, 0.15) is 0 Å². The van der Waals surface area contributed by atoms with Crippen LogP contribution in [-0.4, -0.2) is 52.7 Å². The maximum atomic E-state index is 9.42. The van der Waals surface area contributed by atoms with Crippen LogP contribution in [0.5, 0.6) is 0 Å². The molecule has 4 aromatic carbocycles. The third-order valence-corrected chi connectivity index (χ3v) is 8.55. The van der Waals surface area contributed by atoms with Gasteiger partial charge < -0.3 is 9.80 Å². The molecular formula is C41H33N9. The summed E-state index contributed by atoms with van der Waals surface area (Å²) < 4.78 is 3.68. The molecule has 0 N–H and O–H groups in total. The first-order valence-electron chi connectivity index (χ1n) is 16.1. The van der Waals surface area contributed by atoms with Gasteiger partial charge in [-0.05, 0) is 72.8 Å². The summed E-state index contributed by atoms with van der Waals surface area (Å²) in [7, 11) is 8.06. The molecule has 9 heteroatoms. The molecule has 0 bridgehead atoms. The number of nitrogens with zero attached hydrogens (tertiary/aromatic N) is 9. The van der Waals surface area contributed by atoms with Gasteiger partial charge in [0.15, 0.2) is 11.6 Å². The minimum atomic E-state index is 0.584. The zero-order valence-electron chi connectivity index (χ0n) is 28.1. The summed E-state index contributed by atoms with van der Waals surface area (Å²) in [6.07, 6.45) is 0. The Bertz CT molecular complexity index is 2200. The predicted molar refractivity (Wildman–Crippen MR) is 198 cm³/mol. The molecule has 0 unspecified atom stereocenters. The highest BCUT2D eigenvalue weighted by Crippen LogP contribution is 2.32. The number of nitriles is 2. The lowest BCUT2D eigenvalue weighted by Gasteiger charge is -2.12. The van der Waals surface area contributed by atoms with E-state index in [1.807, 2.05) is 116 Å². The van der Waals surface area contributed by atoms with E-state index in [-0.39, 0.29) is 0 Å². The Labute approximate surface area is 291 Å². The second-order valence-corrected chi connectivity index (χ2v) is 12.3. The third kappa shape index (κ3) is 6.19. The van der Waals surface area contributed by atoms with Crippen molar-refractivity contribution in [3.8, 4) is 68.8 Å². The summed E-state index contributed by atoms with van der Waals surface area (Å²) in [5, 5.41) is 29.0. The van der Waals surface area contributed by atoms with E-state index in [0.717, 1.165) is 56.4 Å². The van der Waals surface area contributed by atoms with E-state index in [9.17, 15) is 10.5 Å². The molecule has 3 aromatic heterocycles. The minimum Gasteiger partial charge on any atom is -0.378 e. The van der Waals surface area contributed by atoms with Crippen molar-refractivity contribution in [2.75, 3.05) is 38.0 Å². The molecule has 0 aliphatic heterocycles. The number of aromatic nitrogens is 5. The van der Waals surface area contributed by atoms with Crippen LogP contribution in [0.3, 0.4) is 0 Å². The van der Waals surface area contributed by atoms with Crippen LogP contribution in [-0.2, 0) is 0 Å². The van der Waals surface area contributed by atoms with Crippen molar-refractivity contribution < 1.29 is 0 Å². The molecule has 242 valence electrons. The molecule has 0 atom stereocenters. The van der Waals surface area contributed by atoms with Gasteiger partial charge in [-0.15, -0.1) is 0 Å². The van der Waals surface area contributed by atoms with Crippen molar-refractivity contribution in [2.45, 2.75) is 0 Å². The van der Waals surface area contributed by atoms with Crippen molar-refractivity contribution in [1.29, 1.82) is 10.5 Å². The average molecular weight is 652 g/mol. The van der Waals surface area contributed by atoms with Gasteiger partial charge in [0.25, 0.3) is 0 Å². The zero-order valence-corrected chi connectivity index (χ0v) is 28.1. The topological polar surface area (TPSA) is 103 Å². The van der Waals surface area contributed by atoms with Crippen LogP contribution in [0.4, 0.5) is 11.4 Å². The van der Waals surface area contributed by atoms with Crippen LogP contribution in [0.1, 0.15) is 11.1 Å². The fourth-order valence-electron chi connectivity index (χ4n) is 5.74. The molecule has 0 saturated heterocycles. The Hall–Kier alpha value is -6.97. The largest absolute Gasteiger partial charge is 0.378 e. The molecule has 0 saturated carbocycles. The highest BCUT2D eigenvalue weighted by molar-refractivity contribution is 5.73. The van der Waals surface area contributed by atoms with Crippen LogP contribution in [0, 0.1) is 22.7 Å². The van der Waals surface area contributed by atoms with Crippen LogP contribution < -0.4 is 9.80 Å². The maximum absolute atomic E-state index is 9.42. The molecule has 0 spiro atoms. The summed E-state index contributed by atoms with van der Waals surface area (Å²) in [6, 6.07) is 45.8. The van der Waals surface area contributed by atoms with Gasteiger partial charge in [0.2, 0.25) is 0 Å². The van der Waals surface area contributed by atoms with Crippen molar-refractivity contribution in [1.82, 2.24) is 24.5 Å². The van der Waals surface area contributed by atoms with E-state index in [2.05, 4.69) is 70.5 Å². The first-order valence-corrected chi connectivity index (χ1v) is 16.1. The number of pyridine rings is 1. The summed E-state index contributed by atoms with van der Waals surface area (Å²) in [5.41, 5.74) is 10.4. The summed E-state index contributed by atoms with van der Waals surface area (Å²) >= 11 is 0. The molecule has 0 fully saturated rings. The number of hydrogen-bond acceptors (Lipinski definition) is 7. The molecular weight excluding hydrogens is 619 g/mol. The second-order valence-electron chi connectivity index (χ2n) is 12.3. The Morgan fingerprint density at radius 1 is 0.480 bits per heavy atom.